The summed E-state index contributed by atoms with van der Waals surface area (Å²) in [6.45, 7) is 4.60. The lowest BCUT2D eigenvalue weighted by molar-refractivity contribution is 0.360. The highest BCUT2D eigenvalue weighted by atomic mass is 35.5. The Morgan fingerprint density at radius 1 is 1.35 bits per heavy atom. The Labute approximate surface area is 130 Å². The van der Waals surface area contributed by atoms with Gasteiger partial charge in [-0.2, -0.15) is 4.31 Å². The molecule has 1 aliphatic rings. The van der Waals surface area contributed by atoms with Crippen molar-refractivity contribution in [2.45, 2.75) is 43.5 Å². The van der Waals surface area contributed by atoms with Crippen LogP contribution in [0.15, 0.2) is 23.1 Å². The molecule has 0 bridgehead atoms. The summed E-state index contributed by atoms with van der Waals surface area (Å²) >= 11 is 11.8. The van der Waals surface area contributed by atoms with Gasteiger partial charge < -0.3 is 0 Å². The molecule has 1 fully saturated rings. The van der Waals surface area contributed by atoms with E-state index in [1.54, 1.807) is 22.5 Å². The van der Waals surface area contributed by atoms with Gasteiger partial charge in [0, 0.05) is 23.5 Å². The van der Waals surface area contributed by atoms with Gasteiger partial charge in [0.05, 0.1) is 4.90 Å². The van der Waals surface area contributed by atoms with Crippen LogP contribution in [0.5, 0.6) is 0 Å². The quantitative estimate of drug-likeness (QED) is 0.739. The van der Waals surface area contributed by atoms with Crippen LogP contribution in [0.4, 0.5) is 0 Å². The van der Waals surface area contributed by atoms with E-state index in [0.29, 0.717) is 23.0 Å². The lowest BCUT2D eigenvalue weighted by Gasteiger charge is -2.24. The van der Waals surface area contributed by atoms with Crippen molar-refractivity contribution in [1.29, 1.82) is 0 Å². The highest BCUT2D eigenvalue weighted by Gasteiger charge is 2.38. The van der Waals surface area contributed by atoms with Gasteiger partial charge in [0.1, 0.15) is 0 Å². The molecule has 0 N–H and O–H groups in total. The van der Waals surface area contributed by atoms with Crippen LogP contribution < -0.4 is 0 Å². The third-order valence-electron chi connectivity index (χ3n) is 3.27. The van der Waals surface area contributed by atoms with Crippen molar-refractivity contribution in [3.8, 4) is 0 Å². The third-order valence-corrected chi connectivity index (χ3v) is 5.84. The van der Waals surface area contributed by atoms with E-state index in [1.807, 2.05) is 13.8 Å². The summed E-state index contributed by atoms with van der Waals surface area (Å²) in [5.74, 6) is 0.501. The average molecular weight is 336 g/mol. The molecule has 0 unspecified atom stereocenters. The first-order valence-corrected chi connectivity index (χ1v) is 9.07. The number of hydrogen-bond donors (Lipinski definition) is 0. The fraction of sp³-hybridized carbons (Fsp3) is 0.571. The van der Waals surface area contributed by atoms with E-state index in [4.69, 9.17) is 23.2 Å². The lowest BCUT2D eigenvalue weighted by atomic mass is 10.2. The molecule has 0 spiro atoms. The van der Waals surface area contributed by atoms with Crippen molar-refractivity contribution in [2.24, 2.45) is 5.92 Å². The number of nitrogens with zero attached hydrogens (tertiary/aromatic N) is 1. The van der Waals surface area contributed by atoms with Gasteiger partial charge in [-0.15, -0.1) is 11.6 Å². The number of benzene rings is 1. The molecule has 0 amide bonds. The Kier molecular flexibility index (Phi) is 5.00. The number of alkyl halides is 1. The van der Waals surface area contributed by atoms with Crippen LogP contribution in [-0.2, 0) is 15.9 Å². The predicted molar refractivity (Wildman–Crippen MR) is 82.8 cm³/mol. The normalized spacial score (nSPS) is 16.1. The zero-order valence-corrected chi connectivity index (χ0v) is 14.0. The molecule has 1 aromatic rings. The van der Waals surface area contributed by atoms with E-state index in [9.17, 15) is 8.42 Å². The number of sulfonamides is 1. The first kappa shape index (κ1) is 16.1. The van der Waals surface area contributed by atoms with E-state index < -0.39 is 10.0 Å². The minimum absolute atomic E-state index is 0.150. The summed E-state index contributed by atoms with van der Waals surface area (Å²) in [6.07, 6.45) is 1.89. The van der Waals surface area contributed by atoms with Gasteiger partial charge in [0.15, 0.2) is 0 Å². The van der Waals surface area contributed by atoms with Crippen LogP contribution in [0.3, 0.4) is 0 Å². The fourth-order valence-electron chi connectivity index (χ4n) is 2.12. The zero-order valence-electron chi connectivity index (χ0n) is 11.6. The maximum Gasteiger partial charge on any atom is 0.243 e. The van der Waals surface area contributed by atoms with E-state index >= 15 is 0 Å². The van der Waals surface area contributed by atoms with Crippen molar-refractivity contribution in [2.75, 3.05) is 6.54 Å². The van der Waals surface area contributed by atoms with Gasteiger partial charge in [-0.1, -0.05) is 25.4 Å². The molecular formula is C14H19Cl2NO2S. The van der Waals surface area contributed by atoms with Crippen molar-refractivity contribution in [3.05, 3.63) is 28.8 Å². The molecule has 0 aromatic heterocycles. The second-order valence-electron chi connectivity index (χ2n) is 5.59. The Balaban J connectivity index is 2.37. The van der Waals surface area contributed by atoms with Gasteiger partial charge in [0.25, 0.3) is 0 Å². The molecule has 6 heteroatoms. The lowest BCUT2D eigenvalue weighted by Crippen LogP contribution is -2.36. The molecule has 1 aromatic carbocycles. The summed E-state index contributed by atoms with van der Waals surface area (Å²) < 4.78 is 27.2. The summed E-state index contributed by atoms with van der Waals surface area (Å²) in [6, 6.07) is 4.90. The summed E-state index contributed by atoms with van der Waals surface area (Å²) in [5.41, 5.74) is 0.648. The first-order valence-electron chi connectivity index (χ1n) is 6.72. The van der Waals surface area contributed by atoms with Crippen LogP contribution in [0.2, 0.25) is 5.02 Å². The Bertz CT molecular complexity index is 583. The maximum atomic E-state index is 12.8. The van der Waals surface area contributed by atoms with Crippen LogP contribution in [0.1, 0.15) is 32.3 Å². The molecule has 0 radical (unpaired) electrons. The number of halogens is 2. The largest absolute Gasteiger partial charge is 0.243 e. The van der Waals surface area contributed by atoms with Crippen LogP contribution in [0.25, 0.3) is 0 Å². The van der Waals surface area contributed by atoms with Gasteiger partial charge in [-0.05, 0) is 42.5 Å². The second-order valence-corrected chi connectivity index (χ2v) is 8.15. The van der Waals surface area contributed by atoms with Gasteiger partial charge >= 0.3 is 0 Å². The molecule has 3 nitrogen and oxygen atoms in total. The topological polar surface area (TPSA) is 37.4 Å². The molecule has 0 heterocycles. The molecular weight excluding hydrogens is 317 g/mol. The highest BCUT2D eigenvalue weighted by Crippen LogP contribution is 2.33. The zero-order chi connectivity index (χ0) is 14.9. The minimum Gasteiger partial charge on any atom is -0.207 e. The average Bonchev–Trinajstić information content (AvgIpc) is 3.20. The molecule has 2 rings (SSSR count). The Hall–Kier alpha value is -0.290. The van der Waals surface area contributed by atoms with Crippen molar-refractivity contribution < 1.29 is 8.42 Å². The van der Waals surface area contributed by atoms with Gasteiger partial charge in [-0.25, -0.2) is 8.42 Å². The van der Waals surface area contributed by atoms with Gasteiger partial charge in [0.2, 0.25) is 10.0 Å². The minimum atomic E-state index is -3.47. The SMILES string of the molecule is CC(C)CN(C1CC1)S(=O)(=O)c1ccc(Cl)c(CCl)c1. The third kappa shape index (κ3) is 3.48. The van der Waals surface area contributed by atoms with Crippen LogP contribution in [0, 0.1) is 5.92 Å². The van der Waals surface area contributed by atoms with Crippen molar-refractivity contribution in [1.82, 2.24) is 4.31 Å². The number of rotatable bonds is 6. The Morgan fingerprint density at radius 3 is 2.50 bits per heavy atom. The van der Waals surface area contributed by atoms with E-state index in [0.717, 1.165) is 12.8 Å². The van der Waals surface area contributed by atoms with Crippen molar-refractivity contribution in [3.63, 3.8) is 0 Å². The highest BCUT2D eigenvalue weighted by molar-refractivity contribution is 7.89. The maximum absolute atomic E-state index is 12.8. The molecule has 0 atom stereocenters. The molecule has 0 aliphatic heterocycles. The molecule has 0 saturated heterocycles. The van der Waals surface area contributed by atoms with E-state index in [1.165, 1.54) is 0 Å². The standard InChI is InChI=1S/C14H19Cl2NO2S/c1-10(2)9-17(12-3-4-12)20(18,19)13-5-6-14(16)11(7-13)8-15/h5-7,10,12H,3-4,8-9H2,1-2H3. The molecule has 20 heavy (non-hydrogen) atoms. The first-order chi connectivity index (χ1) is 9.36. The van der Waals surface area contributed by atoms with Gasteiger partial charge in [-0.3, -0.25) is 0 Å². The fourth-order valence-corrected chi connectivity index (χ4v) is 4.49. The molecule has 1 aliphatic carbocycles. The van der Waals surface area contributed by atoms with Crippen molar-refractivity contribution >= 4 is 33.2 Å². The van der Waals surface area contributed by atoms with Crippen LogP contribution in [-0.4, -0.2) is 25.3 Å². The summed E-state index contributed by atoms with van der Waals surface area (Å²) in [4.78, 5) is 0.283. The van der Waals surface area contributed by atoms with Crippen LogP contribution >= 0.6 is 23.2 Å². The second kappa shape index (κ2) is 6.22. The predicted octanol–water partition coefficient (Wildman–Crippen LogP) is 3.89. The monoisotopic (exact) mass is 335 g/mol. The molecule has 1 saturated carbocycles. The van der Waals surface area contributed by atoms with E-state index in [-0.39, 0.29) is 16.8 Å². The number of hydrogen-bond acceptors (Lipinski definition) is 2. The Morgan fingerprint density at radius 2 is 2.00 bits per heavy atom. The van der Waals surface area contributed by atoms with E-state index in [2.05, 4.69) is 0 Å². The summed E-state index contributed by atoms with van der Waals surface area (Å²) in [7, 11) is -3.47. The smallest absolute Gasteiger partial charge is 0.207 e. The molecule has 112 valence electrons. The summed E-state index contributed by atoms with van der Waals surface area (Å²) in [5, 5.41) is 0.501.